The topological polar surface area (TPSA) is 68.8 Å². The highest BCUT2D eigenvalue weighted by Gasteiger charge is 2.13. The van der Waals surface area contributed by atoms with E-state index in [1.54, 1.807) is 0 Å². The second kappa shape index (κ2) is 5.75. The molecular formula is C13H19N5. The lowest BCUT2D eigenvalue weighted by atomic mass is 10.1. The van der Waals surface area contributed by atoms with Crippen LogP contribution in [0.25, 0.3) is 0 Å². The highest BCUT2D eigenvalue weighted by molar-refractivity contribution is 5.17. The van der Waals surface area contributed by atoms with Gasteiger partial charge in [0.15, 0.2) is 0 Å². The van der Waals surface area contributed by atoms with Crippen LogP contribution in [-0.4, -0.2) is 14.8 Å². The molecule has 0 radical (unpaired) electrons. The molecule has 3 N–H and O–H groups in total. The molecule has 0 aliphatic carbocycles. The summed E-state index contributed by atoms with van der Waals surface area (Å²) in [6.07, 6.45) is 4.71. The molecule has 0 saturated carbocycles. The van der Waals surface area contributed by atoms with Crippen molar-refractivity contribution in [2.45, 2.75) is 32.9 Å². The van der Waals surface area contributed by atoms with Crippen LogP contribution in [0.2, 0.25) is 0 Å². The van der Waals surface area contributed by atoms with Gasteiger partial charge in [-0.05, 0) is 38.0 Å². The van der Waals surface area contributed by atoms with Gasteiger partial charge in [0.05, 0.1) is 17.9 Å². The zero-order valence-electron chi connectivity index (χ0n) is 10.8. The monoisotopic (exact) mass is 245 g/mol. The molecule has 0 aromatic carbocycles. The number of hydrazine groups is 1. The standard InChI is InChI=1S/C13H19N5/c1-3-18-9-11(8-15-18)7-13(17-14)12-6-4-5-10(2)16-12/h4-6,8-9,13,17H,3,7,14H2,1-2H3. The second-order valence-corrected chi connectivity index (χ2v) is 4.33. The fourth-order valence-electron chi connectivity index (χ4n) is 1.93. The predicted molar refractivity (Wildman–Crippen MR) is 70.6 cm³/mol. The fraction of sp³-hybridized carbons (Fsp3) is 0.385. The molecule has 5 nitrogen and oxygen atoms in total. The minimum absolute atomic E-state index is 0.0133. The maximum absolute atomic E-state index is 5.62. The van der Waals surface area contributed by atoms with Crippen LogP contribution in [0.15, 0.2) is 30.6 Å². The van der Waals surface area contributed by atoms with E-state index in [2.05, 4.69) is 22.4 Å². The van der Waals surface area contributed by atoms with Crippen LogP contribution in [0.4, 0.5) is 0 Å². The Bertz CT molecular complexity index is 506. The molecular weight excluding hydrogens is 226 g/mol. The lowest BCUT2D eigenvalue weighted by Gasteiger charge is -2.14. The van der Waals surface area contributed by atoms with Gasteiger partial charge in [-0.2, -0.15) is 5.10 Å². The normalized spacial score (nSPS) is 12.6. The van der Waals surface area contributed by atoms with Crippen molar-refractivity contribution in [1.82, 2.24) is 20.2 Å². The average molecular weight is 245 g/mol. The van der Waals surface area contributed by atoms with Gasteiger partial charge in [0.25, 0.3) is 0 Å². The summed E-state index contributed by atoms with van der Waals surface area (Å²) in [4.78, 5) is 4.50. The van der Waals surface area contributed by atoms with Gasteiger partial charge in [0, 0.05) is 18.4 Å². The van der Waals surface area contributed by atoms with Crippen molar-refractivity contribution >= 4 is 0 Å². The van der Waals surface area contributed by atoms with Gasteiger partial charge >= 0.3 is 0 Å². The van der Waals surface area contributed by atoms with E-state index < -0.39 is 0 Å². The Hall–Kier alpha value is -1.72. The molecule has 0 spiro atoms. The second-order valence-electron chi connectivity index (χ2n) is 4.33. The van der Waals surface area contributed by atoms with Crippen molar-refractivity contribution in [3.05, 3.63) is 47.5 Å². The summed E-state index contributed by atoms with van der Waals surface area (Å²) in [6.45, 7) is 4.92. The molecule has 96 valence electrons. The summed E-state index contributed by atoms with van der Waals surface area (Å²) < 4.78 is 1.91. The number of pyridine rings is 1. The van der Waals surface area contributed by atoms with Gasteiger partial charge in [0.1, 0.15) is 0 Å². The summed E-state index contributed by atoms with van der Waals surface area (Å²) in [5.74, 6) is 5.62. The van der Waals surface area contributed by atoms with E-state index in [-0.39, 0.29) is 6.04 Å². The number of nitrogens with zero attached hydrogens (tertiary/aromatic N) is 3. The van der Waals surface area contributed by atoms with Crippen molar-refractivity contribution in [1.29, 1.82) is 0 Å². The molecule has 2 aromatic rings. The molecule has 0 fully saturated rings. The quantitative estimate of drug-likeness (QED) is 0.616. The van der Waals surface area contributed by atoms with Crippen LogP contribution in [0, 0.1) is 6.92 Å². The summed E-state index contributed by atoms with van der Waals surface area (Å²) in [7, 11) is 0. The first kappa shape index (κ1) is 12.7. The Morgan fingerprint density at radius 2 is 2.28 bits per heavy atom. The molecule has 0 bridgehead atoms. The summed E-state index contributed by atoms with van der Waals surface area (Å²) in [6, 6.07) is 5.98. The average Bonchev–Trinajstić information content (AvgIpc) is 2.83. The van der Waals surface area contributed by atoms with Gasteiger partial charge < -0.3 is 0 Å². The number of hydrogen-bond acceptors (Lipinski definition) is 4. The van der Waals surface area contributed by atoms with Crippen LogP contribution in [0.3, 0.4) is 0 Å². The number of aryl methyl sites for hydroxylation is 2. The summed E-state index contributed by atoms with van der Waals surface area (Å²) in [5, 5.41) is 4.26. The van der Waals surface area contributed by atoms with Crippen LogP contribution in [0.1, 0.15) is 29.9 Å². The lowest BCUT2D eigenvalue weighted by molar-refractivity contribution is 0.537. The first-order valence-corrected chi connectivity index (χ1v) is 6.14. The number of nitrogens with one attached hydrogen (secondary N) is 1. The SMILES string of the molecule is CCn1cc(CC(NN)c2cccc(C)n2)cn1. The third-order valence-corrected chi connectivity index (χ3v) is 2.92. The molecule has 5 heteroatoms. The highest BCUT2D eigenvalue weighted by atomic mass is 15.3. The Labute approximate surface area is 107 Å². The maximum atomic E-state index is 5.62. The van der Waals surface area contributed by atoms with E-state index >= 15 is 0 Å². The van der Waals surface area contributed by atoms with Crippen molar-refractivity contribution in [3.63, 3.8) is 0 Å². The minimum atomic E-state index is 0.0133. The molecule has 2 heterocycles. The van der Waals surface area contributed by atoms with Crippen molar-refractivity contribution in [2.75, 3.05) is 0 Å². The van der Waals surface area contributed by atoms with Crippen molar-refractivity contribution < 1.29 is 0 Å². The van der Waals surface area contributed by atoms with Crippen molar-refractivity contribution in [3.8, 4) is 0 Å². The number of hydrogen-bond donors (Lipinski definition) is 2. The van der Waals surface area contributed by atoms with Gasteiger partial charge in [-0.1, -0.05) is 6.07 Å². The number of nitrogens with two attached hydrogens (primary N) is 1. The van der Waals surface area contributed by atoms with Gasteiger partial charge in [0.2, 0.25) is 0 Å². The molecule has 0 aliphatic heterocycles. The largest absolute Gasteiger partial charge is 0.273 e. The zero-order chi connectivity index (χ0) is 13.0. The van der Waals surface area contributed by atoms with Crippen LogP contribution >= 0.6 is 0 Å². The number of aromatic nitrogens is 3. The lowest BCUT2D eigenvalue weighted by Crippen LogP contribution is -2.30. The molecule has 1 unspecified atom stereocenters. The van der Waals surface area contributed by atoms with Gasteiger partial charge in [-0.25, -0.2) is 0 Å². The minimum Gasteiger partial charge on any atom is -0.273 e. The van der Waals surface area contributed by atoms with E-state index in [0.29, 0.717) is 0 Å². The highest BCUT2D eigenvalue weighted by Crippen LogP contribution is 2.15. The smallest absolute Gasteiger partial charge is 0.0673 e. The Kier molecular flexibility index (Phi) is 4.07. The third kappa shape index (κ3) is 2.94. The number of rotatable bonds is 5. The van der Waals surface area contributed by atoms with Gasteiger partial charge in [-0.15, -0.1) is 0 Å². The third-order valence-electron chi connectivity index (χ3n) is 2.92. The first-order valence-electron chi connectivity index (χ1n) is 6.14. The van der Waals surface area contributed by atoms with E-state index in [9.17, 15) is 0 Å². The Balaban J connectivity index is 2.14. The van der Waals surface area contributed by atoms with E-state index in [4.69, 9.17) is 5.84 Å². The molecule has 0 aliphatic rings. The Morgan fingerprint density at radius 1 is 1.44 bits per heavy atom. The van der Waals surface area contributed by atoms with E-state index in [0.717, 1.165) is 29.9 Å². The predicted octanol–water partition coefficient (Wildman–Crippen LogP) is 1.35. The van der Waals surface area contributed by atoms with Crippen LogP contribution in [0.5, 0.6) is 0 Å². The molecule has 1 atom stereocenters. The van der Waals surface area contributed by atoms with Crippen LogP contribution < -0.4 is 11.3 Å². The van der Waals surface area contributed by atoms with Crippen LogP contribution in [-0.2, 0) is 13.0 Å². The summed E-state index contributed by atoms with van der Waals surface area (Å²) in [5.41, 5.74) is 5.93. The fourth-order valence-corrected chi connectivity index (χ4v) is 1.93. The van der Waals surface area contributed by atoms with E-state index in [1.165, 1.54) is 0 Å². The molecule has 18 heavy (non-hydrogen) atoms. The van der Waals surface area contributed by atoms with Crippen molar-refractivity contribution in [2.24, 2.45) is 5.84 Å². The Morgan fingerprint density at radius 3 is 2.89 bits per heavy atom. The molecule has 0 saturated heterocycles. The molecule has 2 rings (SSSR count). The van der Waals surface area contributed by atoms with Gasteiger partial charge in [-0.3, -0.25) is 20.9 Å². The molecule has 0 amide bonds. The van der Waals surface area contributed by atoms with E-state index in [1.807, 2.05) is 42.2 Å². The zero-order valence-corrected chi connectivity index (χ0v) is 10.8. The molecule has 2 aromatic heterocycles. The maximum Gasteiger partial charge on any atom is 0.0673 e. The first-order chi connectivity index (χ1) is 8.72. The summed E-state index contributed by atoms with van der Waals surface area (Å²) >= 11 is 0.